The Balaban J connectivity index is 2.29. The Morgan fingerprint density at radius 2 is 1.89 bits per heavy atom. The molecule has 0 atom stereocenters. The lowest BCUT2D eigenvalue weighted by molar-refractivity contribution is -0.116. The number of thiazole rings is 1. The summed E-state index contributed by atoms with van der Waals surface area (Å²) >= 11 is 1.61. The molecule has 1 aromatic carbocycles. The second-order valence-corrected chi connectivity index (χ2v) is 5.93. The molecule has 3 nitrogen and oxygen atoms in total. The van der Waals surface area contributed by atoms with E-state index in [0.717, 1.165) is 21.1 Å². The van der Waals surface area contributed by atoms with E-state index in [1.165, 1.54) is 5.69 Å². The summed E-state index contributed by atoms with van der Waals surface area (Å²) in [4.78, 5) is 18.9. The van der Waals surface area contributed by atoms with E-state index in [0.29, 0.717) is 6.42 Å². The van der Waals surface area contributed by atoms with Crippen LogP contribution in [0.4, 0.5) is 5.69 Å². The maximum Gasteiger partial charge on any atom is 0.135 e. The molecular weight excluding hydrogens is 256 g/mol. The maximum absolute atomic E-state index is 11.2. The van der Waals surface area contributed by atoms with Crippen molar-refractivity contribution >= 4 is 22.8 Å². The average molecular weight is 274 g/mol. The van der Waals surface area contributed by atoms with Crippen molar-refractivity contribution in [3.05, 3.63) is 34.8 Å². The monoisotopic (exact) mass is 274 g/mol. The summed E-state index contributed by atoms with van der Waals surface area (Å²) < 4.78 is 0. The summed E-state index contributed by atoms with van der Waals surface area (Å²) in [6.45, 7) is 3.58. The highest BCUT2D eigenvalue weighted by Crippen LogP contribution is 2.29. The quantitative estimate of drug-likeness (QED) is 0.857. The molecule has 0 bridgehead atoms. The normalized spacial score (nSPS) is 10.5. The predicted molar refractivity (Wildman–Crippen MR) is 81.0 cm³/mol. The lowest BCUT2D eigenvalue weighted by Gasteiger charge is -2.11. The van der Waals surface area contributed by atoms with Gasteiger partial charge in [-0.05, 0) is 38.1 Å². The highest BCUT2D eigenvalue weighted by Gasteiger charge is 2.11. The summed E-state index contributed by atoms with van der Waals surface area (Å²) in [7, 11) is 4.04. The molecule has 0 N–H and O–H groups in total. The van der Waals surface area contributed by atoms with E-state index in [9.17, 15) is 4.79 Å². The first kappa shape index (κ1) is 13.7. The third kappa shape index (κ3) is 3.20. The van der Waals surface area contributed by atoms with Gasteiger partial charge < -0.3 is 4.90 Å². The first-order valence-corrected chi connectivity index (χ1v) is 7.02. The number of ketones is 1. The molecule has 0 aliphatic rings. The Bertz CT molecular complexity index is 585. The third-order valence-corrected chi connectivity index (χ3v) is 4.14. The molecule has 0 saturated heterocycles. The van der Waals surface area contributed by atoms with E-state index >= 15 is 0 Å². The minimum Gasteiger partial charge on any atom is -0.378 e. The average Bonchev–Trinajstić information content (AvgIpc) is 2.70. The van der Waals surface area contributed by atoms with Gasteiger partial charge in [0.2, 0.25) is 0 Å². The smallest absolute Gasteiger partial charge is 0.135 e. The number of carbonyl (C=O) groups excluding carboxylic acids is 1. The van der Waals surface area contributed by atoms with Crippen LogP contribution >= 0.6 is 11.3 Å². The number of rotatable bonds is 4. The minimum atomic E-state index is 0.182. The largest absolute Gasteiger partial charge is 0.378 e. The Morgan fingerprint density at radius 3 is 2.42 bits per heavy atom. The van der Waals surface area contributed by atoms with E-state index in [1.807, 2.05) is 21.0 Å². The van der Waals surface area contributed by atoms with E-state index in [-0.39, 0.29) is 5.78 Å². The lowest BCUT2D eigenvalue weighted by Crippen LogP contribution is -2.07. The topological polar surface area (TPSA) is 33.2 Å². The number of aryl methyl sites for hydroxylation is 1. The summed E-state index contributed by atoms with van der Waals surface area (Å²) in [5.41, 5.74) is 3.24. The van der Waals surface area contributed by atoms with Gasteiger partial charge in [0.25, 0.3) is 0 Å². The zero-order valence-electron chi connectivity index (χ0n) is 11.7. The molecule has 4 heteroatoms. The predicted octanol–water partition coefficient (Wildman–Crippen LogP) is 3.32. The Hall–Kier alpha value is -1.68. The van der Waals surface area contributed by atoms with Crippen LogP contribution in [0.15, 0.2) is 24.3 Å². The zero-order valence-corrected chi connectivity index (χ0v) is 12.5. The van der Waals surface area contributed by atoms with Crippen LogP contribution in [0, 0.1) is 6.92 Å². The molecule has 100 valence electrons. The molecule has 0 unspecified atom stereocenters. The SMILES string of the molecule is CC(=O)Cc1sc(-c2ccc(N(C)C)cc2)nc1C. The number of nitrogens with zero attached hydrogens (tertiary/aromatic N) is 2. The second-order valence-electron chi connectivity index (χ2n) is 4.85. The van der Waals surface area contributed by atoms with Gasteiger partial charge in [-0.1, -0.05) is 0 Å². The van der Waals surface area contributed by atoms with Gasteiger partial charge >= 0.3 is 0 Å². The molecule has 0 fully saturated rings. The van der Waals surface area contributed by atoms with E-state index in [1.54, 1.807) is 18.3 Å². The van der Waals surface area contributed by atoms with Gasteiger partial charge in [0.15, 0.2) is 0 Å². The fourth-order valence-corrected chi connectivity index (χ4v) is 2.98. The van der Waals surface area contributed by atoms with Gasteiger partial charge in [0.05, 0.1) is 5.69 Å². The Kier molecular flexibility index (Phi) is 4.00. The highest BCUT2D eigenvalue weighted by atomic mass is 32.1. The molecule has 0 aliphatic carbocycles. The number of hydrogen-bond donors (Lipinski definition) is 0. The van der Waals surface area contributed by atoms with Crippen molar-refractivity contribution in [3.63, 3.8) is 0 Å². The summed E-state index contributed by atoms with van der Waals surface area (Å²) in [5.74, 6) is 0.182. The van der Waals surface area contributed by atoms with Crippen molar-refractivity contribution in [2.24, 2.45) is 0 Å². The van der Waals surface area contributed by atoms with Crippen molar-refractivity contribution in [1.29, 1.82) is 0 Å². The molecule has 0 aliphatic heterocycles. The molecule has 1 aromatic heterocycles. The summed E-state index contributed by atoms with van der Waals surface area (Å²) in [6.07, 6.45) is 0.485. The third-order valence-electron chi connectivity index (χ3n) is 2.93. The maximum atomic E-state index is 11.2. The number of aromatic nitrogens is 1. The van der Waals surface area contributed by atoms with Crippen LogP contribution in [-0.2, 0) is 11.2 Å². The number of anilines is 1. The van der Waals surface area contributed by atoms with Crippen LogP contribution in [-0.4, -0.2) is 24.9 Å². The number of hydrogen-bond acceptors (Lipinski definition) is 4. The Labute approximate surface area is 117 Å². The molecule has 0 radical (unpaired) electrons. The molecule has 0 saturated carbocycles. The van der Waals surface area contributed by atoms with Crippen LogP contribution in [0.2, 0.25) is 0 Å². The van der Waals surface area contributed by atoms with Crippen LogP contribution in [0.3, 0.4) is 0 Å². The first-order chi connectivity index (χ1) is 8.97. The summed E-state index contributed by atoms with van der Waals surface area (Å²) in [5, 5.41) is 0.985. The van der Waals surface area contributed by atoms with Crippen molar-refractivity contribution in [3.8, 4) is 10.6 Å². The van der Waals surface area contributed by atoms with E-state index in [2.05, 4.69) is 34.1 Å². The molecule has 2 rings (SSSR count). The Morgan fingerprint density at radius 1 is 1.26 bits per heavy atom. The van der Waals surface area contributed by atoms with Crippen molar-refractivity contribution in [2.45, 2.75) is 20.3 Å². The van der Waals surface area contributed by atoms with E-state index < -0.39 is 0 Å². The van der Waals surface area contributed by atoms with Gasteiger partial charge in [0.1, 0.15) is 10.8 Å². The lowest BCUT2D eigenvalue weighted by atomic mass is 10.2. The molecule has 1 heterocycles. The fourth-order valence-electron chi connectivity index (χ4n) is 1.84. The number of Topliss-reactive ketones (excluding diaryl/α,β-unsaturated/α-hetero) is 1. The minimum absolute atomic E-state index is 0.182. The summed E-state index contributed by atoms with van der Waals surface area (Å²) in [6, 6.07) is 8.31. The molecule has 19 heavy (non-hydrogen) atoms. The zero-order chi connectivity index (χ0) is 14.0. The number of benzene rings is 1. The van der Waals surface area contributed by atoms with Crippen molar-refractivity contribution < 1.29 is 4.79 Å². The standard InChI is InChI=1S/C15H18N2OS/c1-10(18)9-14-11(2)16-15(19-14)12-5-7-13(8-6-12)17(3)4/h5-8H,9H2,1-4H3. The second kappa shape index (κ2) is 5.53. The van der Waals surface area contributed by atoms with Gasteiger partial charge in [-0.15, -0.1) is 11.3 Å². The van der Waals surface area contributed by atoms with Gasteiger partial charge in [-0.25, -0.2) is 4.98 Å². The van der Waals surface area contributed by atoms with Gasteiger partial charge in [-0.2, -0.15) is 0 Å². The molecule has 2 aromatic rings. The fraction of sp³-hybridized carbons (Fsp3) is 0.333. The van der Waals surface area contributed by atoms with Crippen LogP contribution < -0.4 is 4.90 Å². The molecule has 0 spiro atoms. The number of carbonyl (C=O) groups is 1. The van der Waals surface area contributed by atoms with Gasteiger partial charge in [0, 0.05) is 36.6 Å². The van der Waals surface area contributed by atoms with Crippen LogP contribution in [0.5, 0.6) is 0 Å². The van der Waals surface area contributed by atoms with Crippen molar-refractivity contribution in [1.82, 2.24) is 4.98 Å². The van der Waals surface area contributed by atoms with E-state index in [4.69, 9.17) is 0 Å². The van der Waals surface area contributed by atoms with Crippen molar-refractivity contribution in [2.75, 3.05) is 19.0 Å². The van der Waals surface area contributed by atoms with Crippen LogP contribution in [0.25, 0.3) is 10.6 Å². The van der Waals surface area contributed by atoms with Gasteiger partial charge in [-0.3, -0.25) is 4.79 Å². The highest BCUT2D eigenvalue weighted by molar-refractivity contribution is 7.15. The van der Waals surface area contributed by atoms with Crippen LogP contribution in [0.1, 0.15) is 17.5 Å². The molecule has 0 amide bonds. The molecular formula is C15H18N2OS. The first-order valence-electron chi connectivity index (χ1n) is 6.21.